The molecule has 0 saturated heterocycles. The molecule has 0 heterocycles. The van der Waals surface area contributed by atoms with Gasteiger partial charge in [-0.2, -0.15) is 0 Å². The van der Waals surface area contributed by atoms with Gasteiger partial charge in [0.25, 0.3) is 0 Å². The van der Waals surface area contributed by atoms with Crippen LogP contribution in [0.25, 0.3) is 0 Å². The van der Waals surface area contributed by atoms with E-state index in [4.69, 9.17) is 14.2 Å². The highest BCUT2D eigenvalue weighted by molar-refractivity contribution is 5.90. The van der Waals surface area contributed by atoms with Gasteiger partial charge in [-0.05, 0) is 42.7 Å². The van der Waals surface area contributed by atoms with Crippen molar-refractivity contribution in [2.24, 2.45) is 0 Å². The summed E-state index contributed by atoms with van der Waals surface area (Å²) in [5.41, 5.74) is 1.89. The van der Waals surface area contributed by atoms with Crippen molar-refractivity contribution in [2.75, 3.05) is 7.11 Å². The van der Waals surface area contributed by atoms with E-state index in [1.807, 2.05) is 36.4 Å². The van der Waals surface area contributed by atoms with E-state index in [0.29, 0.717) is 24.0 Å². The van der Waals surface area contributed by atoms with Crippen LogP contribution in [0.3, 0.4) is 0 Å². The predicted molar refractivity (Wildman–Crippen MR) is 127 cm³/mol. The van der Waals surface area contributed by atoms with Crippen LogP contribution in [0, 0.1) is 0 Å². The van der Waals surface area contributed by atoms with Crippen LogP contribution in [0.2, 0.25) is 0 Å². The fourth-order valence-corrected chi connectivity index (χ4v) is 3.52. The second kappa shape index (κ2) is 12.9. The Labute approximate surface area is 199 Å². The van der Waals surface area contributed by atoms with E-state index >= 15 is 0 Å². The maximum absolute atomic E-state index is 12.7. The SMILES string of the molecule is COC(=O)C[C@H](C[C@@H](CCc1ccccc1)OC(=O)c1ccccc1)OC(=O)c1ccccc1. The Morgan fingerprint density at radius 1 is 0.676 bits per heavy atom. The summed E-state index contributed by atoms with van der Waals surface area (Å²) in [6.07, 6.45) is -0.205. The minimum atomic E-state index is -0.815. The standard InChI is InChI=1S/C28H28O6/c1-32-26(29)20-25(34-28(31)23-15-9-4-10-16-23)19-24(18-17-21-11-5-2-6-12-21)33-27(30)22-13-7-3-8-14-22/h2-16,24-25H,17-20H2,1H3/t24-,25+/m1/s1. The van der Waals surface area contributed by atoms with Crippen molar-refractivity contribution in [1.82, 2.24) is 0 Å². The summed E-state index contributed by atoms with van der Waals surface area (Å²) in [5.74, 6) is -1.53. The van der Waals surface area contributed by atoms with Crippen LogP contribution in [0.4, 0.5) is 0 Å². The van der Waals surface area contributed by atoms with Gasteiger partial charge in [-0.3, -0.25) is 4.79 Å². The predicted octanol–water partition coefficient (Wildman–Crippen LogP) is 5.02. The number of hydrogen-bond donors (Lipinski definition) is 0. The zero-order valence-corrected chi connectivity index (χ0v) is 19.1. The van der Waals surface area contributed by atoms with Gasteiger partial charge in [-0.15, -0.1) is 0 Å². The van der Waals surface area contributed by atoms with Gasteiger partial charge in [0.05, 0.1) is 24.7 Å². The van der Waals surface area contributed by atoms with Crippen molar-refractivity contribution in [3.8, 4) is 0 Å². The number of hydrogen-bond acceptors (Lipinski definition) is 6. The molecule has 0 fully saturated rings. The quantitative estimate of drug-likeness (QED) is 0.295. The summed E-state index contributed by atoms with van der Waals surface area (Å²) in [5, 5.41) is 0. The number of methoxy groups -OCH3 is 1. The molecule has 0 amide bonds. The van der Waals surface area contributed by atoms with E-state index in [1.165, 1.54) is 7.11 Å². The number of esters is 3. The first-order valence-corrected chi connectivity index (χ1v) is 11.2. The van der Waals surface area contributed by atoms with Crippen LogP contribution >= 0.6 is 0 Å². The molecule has 0 N–H and O–H groups in total. The molecule has 0 aliphatic heterocycles. The third-order valence-electron chi connectivity index (χ3n) is 5.31. The summed E-state index contributed by atoms with van der Waals surface area (Å²) in [7, 11) is 1.28. The Kier molecular flexibility index (Phi) is 9.40. The van der Waals surface area contributed by atoms with Crippen molar-refractivity contribution < 1.29 is 28.6 Å². The molecular formula is C28H28O6. The summed E-state index contributed by atoms with van der Waals surface area (Å²) in [6.45, 7) is 0. The molecule has 0 aliphatic rings. The van der Waals surface area contributed by atoms with Gasteiger partial charge in [0, 0.05) is 6.42 Å². The Morgan fingerprint density at radius 2 is 1.15 bits per heavy atom. The molecule has 0 spiro atoms. The lowest BCUT2D eigenvalue weighted by Crippen LogP contribution is -2.30. The normalized spacial score (nSPS) is 12.3. The number of ether oxygens (including phenoxy) is 3. The maximum Gasteiger partial charge on any atom is 0.338 e. The number of rotatable bonds is 11. The van der Waals surface area contributed by atoms with Crippen LogP contribution in [-0.4, -0.2) is 37.2 Å². The molecule has 0 radical (unpaired) electrons. The van der Waals surface area contributed by atoms with Gasteiger partial charge in [-0.1, -0.05) is 66.7 Å². The lowest BCUT2D eigenvalue weighted by atomic mass is 10.0. The zero-order chi connectivity index (χ0) is 24.2. The highest BCUT2D eigenvalue weighted by atomic mass is 16.6. The van der Waals surface area contributed by atoms with Gasteiger partial charge in [0.15, 0.2) is 0 Å². The molecule has 6 heteroatoms. The van der Waals surface area contributed by atoms with Crippen molar-refractivity contribution in [3.63, 3.8) is 0 Å². The van der Waals surface area contributed by atoms with E-state index in [9.17, 15) is 14.4 Å². The van der Waals surface area contributed by atoms with Crippen LogP contribution in [0.15, 0.2) is 91.0 Å². The van der Waals surface area contributed by atoms with E-state index in [1.54, 1.807) is 54.6 Å². The van der Waals surface area contributed by atoms with Crippen LogP contribution in [0.1, 0.15) is 45.5 Å². The molecule has 6 nitrogen and oxygen atoms in total. The minimum Gasteiger partial charge on any atom is -0.469 e. The van der Waals surface area contributed by atoms with Crippen LogP contribution in [-0.2, 0) is 25.4 Å². The van der Waals surface area contributed by atoms with Gasteiger partial charge in [-0.25, -0.2) is 9.59 Å². The molecule has 0 unspecified atom stereocenters. The molecule has 0 aliphatic carbocycles. The van der Waals surface area contributed by atoms with Crippen molar-refractivity contribution >= 4 is 17.9 Å². The first-order chi connectivity index (χ1) is 16.5. The van der Waals surface area contributed by atoms with E-state index < -0.39 is 30.1 Å². The summed E-state index contributed by atoms with van der Waals surface area (Å²) in [4.78, 5) is 37.4. The molecule has 3 rings (SSSR count). The van der Waals surface area contributed by atoms with Crippen molar-refractivity contribution in [2.45, 2.75) is 37.9 Å². The Balaban J connectivity index is 1.75. The lowest BCUT2D eigenvalue weighted by Gasteiger charge is -2.24. The molecule has 34 heavy (non-hydrogen) atoms. The number of aryl methyl sites for hydroxylation is 1. The second-order valence-electron chi connectivity index (χ2n) is 7.83. The molecule has 0 saturated carbocycles. The highest BCUT2D eigenvalue weighted by Gasteiger charge is 2.26. The Morgan fingerprint density at radius 3 is 1.65 bits per heavy atom. The second-order valence-corrected chi connectivity index (χ2v) is 7.83. The Hall–Kier alpha value is -3.93. The smallest absolute Gasteiger partial charge is 0.338 e. The average molecular weight is 461 g/mol. The molecule has 0 bridgehead atoms. The first-order valence-electron chi connectivity index (χ1n) is 11.2. The summed E-state index contributed by atoms with van der Waals surface area (Å²) < 4.78 is 16.2. The van der Waals surface area contributed by atoms with E-state index in [-0.39, 0.29) is 12.8 Å². The van der Waals surface area contributed by atoms with E-state index in [0.717, 1.165) is 5.56 Å². The van der Waals surface area contributed by atoms with Crippen LogP contribution in [0.5, 0.6) is 0 Å². The maximum atomic E-state index is 12.7. The third-order valence-corrected chi connectivity index (χ3v) is 5.31. The number of benzene rings is 3. The largest absolute Gasteiger partial charge is 0.469 e. The lowest BCUT2D eigenvalue weighted by molar-refractivity contribution is -0.143. The number of carbonyl (C=O) groups excluding carboxylic acids is 3. The number of carbonyl (C=O) groups is 3. The minimum absolute atomic E-state index is 0.139. The van der Waals surface area contributed by atoms with Crippen molar-refractivity contribution in [3.05, 3.63) is 108 Å². The topological polar surface area (TPSA) is 78.9 Å². The van der Waals surface area contributed by atoms with E-state index in [2.05, 4.69) is 0 Å². The summed E-state index contributed by atoms with van der Waals surface area (Å²) >= 11 is 0. The monoisotopic (exact) mass is 460 g/mol. The zero-order valence-electron chi connectivity index (χ0n) is 19.1. The Bertz CT molecular complexity index is 1050. The third kappa shape index (κ3) is 7.89. The first kappa shape index (κ1) is 24.7. The molecule has 0 aromatic heterocycles. The molecule has 176 valence electrons. The fourth-order valence-electron chi connectivity index (χ4n) is 3.52. The molecule has 3 aromatic carbocycles. The van der Waals surface area contributed by atoms with Gasteiger partial charge >= 0.3 is 17.9 Å². The van der Waals surface area contributed by atoms with Gasteiger partial charge in [0.2, 0.25) is 0 Å². The summed E-state index contributed by atoms with van der Waals surface area (Å²) in [6, 6.07) is 27.1. The van der Waals surface area contributed by atoms with Gasteiger partial charge in [0.1, 0.15) is 12.2 Å². The van der Waals surface area contributed by atoms with Crippen LogP contribution < -0.4 is 0 Å². The van der Waals surface area contributed by atoms with Gasteiger partial charge < -0.3 is 14.2 Å². The highest BCUT2D eigenvalue weighted by Crippen LogP contribution is 2.19. The van der Waals surface area contributed by atoms with Crippen molar-refractivity contribution in [1.29, 1.82) is 0 Å². The fraction of sp³-hybridized carbons (Fsp3) is 0.250. The molecule has 2 atom stereocenters. The molecular weight excluding hydrogens is 432 g/mol. The molecule has 3 aromatic rings. The average Bonchev–Trinajstić information content (AvgIpc) is 2.88.